The van der Waals surface area contributed by atoms with Crippen LogP contribution in [0.1, 0.15) is 5.56 Å². The highest BCUT2D eigenvalue weighted by Crippen LogP contribution is 2.37. The zero-order chi connectivity index (χ0) is 20.8. The normalized spacial score (nSPS) is 11.2. The van der Waals surface area contributed by atoms with Crippen LogP contribution in [0.5, 0.6) is 11.5 Å². The fraction of sp³-hybridized carbons (Fsp3) is 0.190. The number of esters is 1. The molecule has 0 fully saturated rings. The smallest absolute Gasteiger partial charge is 0.343 e. The third-order valence-corrected chi connectivity index (χ3v) is 4.45. The van der Waals surface area contributed by atoms with Gasteiger partial charge in [0.2, 0.25) is 0 Å². The summed E-state index contributed by atoms with van der Waals surface area (Å²) in [7, 11) is 2.73. The lowest BCUT2D eigenvalue weighted by atomic mass is 10.1. The number of methoxy groups -OCH3 is 2. The first kappa shape index (κ1) is 20.2. The number of imidazole rings is 1. The first-order chi connectivity index (χ1) is 14.0. The summed E-state index contributed by atoms with van der Waals surface area (Å²) < 4.78 is 17.2. The Morgan fingerprint density at radius 2 is 2.10 bits per heavy atom. The van der Waals surface area contributed by atoms with E-state index in [0.717, 1.165) is 11.0 Å². The van der Waals surface area contributed by atoms with Crippen molar-refractivity contribution in [3.63, 3.8) is 0 Å². The number of allylic oxidation sites excluding steroid dienone is 1. The monoisotopic (exact) mass is 411 g/mol. The summed E-state index contributed by atoms with van der Waals surface area (Å²) in [5, 5.41) is 9.84. The van der Waals surface area contributed by atoms with Crippen molar-refractivity contribution in [2.24, 2.45) is 0 Å². The summed E-state index contributed by atoms with van der Waals surface area (Å²) in [6.45, 7) is 0.0659. The lowest BCUT2D eigenvalue weighted by molar-refractivity contribution is -0.142. The van der Waals surface area contributed by atoms with Gasteiger partial charge in [0.15, 0.2) is 18.1 Å². The van der Waals surface area contributed by atoms with E-state index in [1.807, 2.05) is 28.8 Å². The summed E-state index contributed by atoms with van der Waals surface area (Å²) in [6, 6.07) is 13.2. The van der Waals surface area contributed by atoms with Crippen LogP contribution in [-0.4, -0.2) is 36.3 Å². The molecule has 0 N–H and O–H groups in total. The molecule has 0 saturated heterocycles. The Balaban J connectivity index is 1.88. The first-order valence-electron chi connectivity index (χ1n) is 8.63. The van der Waals surface area contributed by atoms with E-state index in [0.29, 0.717) is 23.4 Å². The second-order valence-corrected chi connectivity index (χ2v) is 6.45. The van der Waals surface area contributed by atoms with Crippen molar-refractivity contribution in [1.82, 2.24) is 9.55 Å². The average molecular weight is 412 g/mol. The Hall–Kier alpha value is -3.50. The van der Waals surface area contributed by atoms with Crippen molar-refractivity contribution >= 4 is 34.7 Å². The maximum Gasteiger partial charge on any atom is 0.343 e. The number of nitriles is 1. The van der Waals surface area contributed by atoms with Gasteiger partial charge in [-0.15, -0.1) is 0 Å². The van der Waals surface area contributed by atoms with Crippen LogP contribution < -0.4 is 9.47 Å². The molecule has 7 nitrogen and oxygen atoms in total. The molecule has 0 saturated carbocycles. The zero-order valence-electron chi connectivity index (χ0n) is 15.9. The molecule has 1 heterocycles. The van der Waals surface area contributed by atoms with Crippen molar-refractivity contribution in [3.05, 3.63) is 58.9 Å². The molecule has 0 atom stereocenters. The predicted molar refractivity (Wildman–Crippen MR) is 109 cm³/mol. The molecule has 0 aliphatic carbocycles. The van der Waals surface area contributed by atoms with Gasteiger partial charge in [-0.25, -0.2) is 9.78 Å². The van der Waals surface area contributed by atoms with E-state index in [2.05, 4.69) is 15.8 Å². The summed E-state index contributed by atoms with van der Waals surface area (Å²) in [5.41, 5.74) is 2.98. The Labute approximate surface area is 172 Å². The van der Waals surface area contributed by atoms with Gasteiger partial charge in [0.1, 0.15) is 0 Å². The molecule has 8 heteroatoms. The SMILES string of the molecule is COC(=O)COc1c(Cl)cc(/C=C(/C#N)Cn2cnc3ccccc32)cc1OC. The second-order valence-electron chi connectivity index (χ2n) is 6.04. The third kappa shape index (κ3) is 4.68. The van der Waals surface area contributed by atoms with Crippen molar-refractivity contribution in [2.75, 3.05) is 20.8 Å². The predicted octanol–water partition coefficient (Wildman–Crippen LogP) is 3.86. The summed E-state index contributed by atoms with van der Waals surface area (Å²) >= 11 is 6.30. The molecule has 1 aromatic heterocycles. The number of benzene rings is 2. The molecule has 0 radical (unpaired) electrons. The number of aromatic nitrogens is 2. The average Bonchev–Trinajstić information content (AvgIpc) is 3.14. The number of nitrogens with zero attached hydrogens (tertiary/aromatic N) is 3. The number of ether oxygens (including phenoxy) is 3. The molecule has 0 unspecified atom stereocenters. The maximum atomic E-state index is 11.3. The molecule has 2 aromatic carbocycles. The standard InChI is InChI=1S/C21H18ClN3O4/c1-27-19-9-14(8-16(22)21(19)29-12-20(26)28-2)7-15(10-23)11-25-13-24-17-5-3-4-6-18(17)25/h3-9,13H,11-12H2,1-2H3/b15-7-. The fourth-order valence-corrected chi connectivity index (χ4v) is 3.06. The van der Waals surface area contributed by atoms with Crippen LogP contribution in [0.2, 0.25) is 5.02 Å². The van der Waals surface area contributed by atoms with Gasteiger partial charge >= 0.3 is 5.97 Å². The number of halogens is 1. The Morgan fingerprint density at radius 1 is 1.31 bits per heavy atom. The Morgan fingerprint density at radius 3 is 2.83 bits per heavy atom. The Bertz CT molecular complexity index is 1110. The quantitative estimate of drug-likeness (QED) is 0.433. The number of hydrogen-bond acceptors (Lipinski definition) is 6. The fourth-order valence-electron chi connectivity index (χ4n) is 2.79. The lowest BCUT2D eigenvalue weighted by Crippen LogP contribution is -2.13. The molecular weight excluding hydrogens is 394 g/mol. The van der Waals surface area contributed by atoms with Crippen LogP contribution >= 0.6 is 11.6 Å². The number of para-hydroxylation sites is 2. The van der Waals surface area contributed by atoms with Crippen LogP contribution in [0.3, 0.4) is 0 Å². The second kappa shape index (κ2) is 9.13. The molecule has 148 valence electrons. The molecule has 3 aromatic rings. The molecule has 0 spiro atoms. The lowest BCUT2D eigenvalue weighted by Gasteiger charge is -2.13. The van der Waals surface area contributed by atoms with E-state index in [1.54, 1.807) is 24.5 Å². The van der Waals surface area contributed by atoms with Crippen LogP contribution in [0.25, 0.3) is 17.1 Å². The molecule has 3 rings (SSSR count). The number of fused-ring (bicyclic) bond motifs is 1. The number of carbonyl (C=O) groups excluding carboxylic acids is 1. The van der Waals surface area contributed by atoms with Gasteiger partial charge in [0.05, 0.1) is 49.2 Å². The van der Waals surface area contributed by atoms with E-state index in [1.165, 1.54) is 14.2 Å². The van der Waals surface area contributed by atoms with Crippen LogP contribution in [-0.2, 0) is 16.1 Å². The van der Waals surface area contributed by atoms with Crippen molar-refractivity contribution in [1.29, 1.82) is 5.26 Å². The number of hydrogen-bond donors (Lipinski definition) is 0. The molecule has 29 heavy (non-hydrogen) atoms. The Kier molecular flexibility index (Phi) is 6.37. The van der Waals surface area contributed by atoms with Gasteiger partial charge in [-0.1, -0.05) is 23.7 Å². The van der Waals surface area contributed by atoms with Crippen molar-refractivity contribution in [3.8, 4) is 17.6 Å². The molecule has 0 amide bonds. The van der Waals surface area contributed by atoms with Gasteiger partial charge < -0.3 is 18.8 Å². The number of rotatable bonds is 7. The number of carbonyl (C=O) groups is 1. The van der Waals surface area contributed by atoms with E-state index in [9.17, 15) is 10.1 Å². The largest absolute Gasteiger partial charge is 0.493 e. The highest BCUT2D eigenvalue weighted by Gasteiger charge is 2.14. The van der Waals surface area contributed by atoms with Crippen LogP contribution in [0.4, 0.5) is 0 Å². The minimum absolute atomic E-state index is 0.232. The highest BCUT2D eigenvalue weighted by atomic mass is 35.5. The van der Waals surface area contributed by atoms with Crippen LogP contribution in [0, 0.1) is 11.3 Å². The summed E-state index contributed by atoms with van der Waals surface area (Å²) in [5.74, 6) is 0.0419. The van der Waals surface area contributed by atoms with Gasteiger partial charge in [-0.2, -0.15) is 5.26 Å². The topological polar surface area (TPSA) is 86.4 Å². The zero-order valence-corrected chi connectivity index (χ0v) is 16.6. The third-order valence-electron chi connectivity index (χ3n) is 4.17. The van der Waals surface area contributed by atoms with Crippen LogP contribution in [0.15, 0.2) is 48.3 Å². The van der Waals surface area contributed by atoms with Crippen molar-refractivity contribution < 1.29 is 19.0 Å². The minimum Gasteiger partial charge on any atom is -0.493 e. The van der Waals surface area contributed by atoms with E-state index in [4.69, 9.17) is 21.1 Å². The molecule has 0 bridgehead atoms. The molecular formula is C21H18ClN3O4. The van der Waals surface area contributed by atoms with E-state index in [-0.39, 0.29) is 17.4 Å². The van der Waals surface area contributed by atoms with Gasteiger partial charge in [0, 0.05) is 5.57 Å². The highest BCUT2D eigenvalue weighted by molar-refractivity contribution is 6.32. The van der Waals surface area contributed by atoms with Gasteiger partial charge in [-0.05, 0) is 35.9 Å². The summed E-state index contributed by atoms with van der Waals surface area (Å²) in [6.07, 6.45) is 3.42. The van der Waals surface area contributed by atoms with E-state index >= 15 is 0 Å². The molecule has 0 aliphatic heterocycles. The van der Waals surface area contributed by atoms with E-state index < -0.39 is 5.97 Å². The maximum absolute atomic E-state index is 11.3. The first-order valence-corrected chi connectivity index (χ1v) is 9.01. The van der Waals surface area contributed by atoms with Gasteiger partial charge in [0.25, 0.3) is 0 Å². The van der Waals surface area contributed by atoms with Gasteiger partial charge in [-0.3, -0.25) is 0 Å². The molecule has 0 aliphatic rings. The van der Waals surface area contributed by atoms with Crippen molar-refractivity contribution in [2.45, 2.75) is 6.54 Å². The minimum atomic E-state index is -0.536. The summed E-state index contributed by atoms with van der Waals surface area (Å²) in [4.78, 5) is 15.6.